The zero-order valence-corrected chi connectivity index (χ0v) is 14.4. The van der Waals surface area contributed by atoms with Gasteiger partial charge in [0.2, 0.25) is 15.9 Å². The van der Waals surface area contributed by atoms with Crippen LogP contribution in [-0.2, 0) is 14.8 Å². The number of nitrogens with zero attached hydrogens (tertiary/aromatic N) is 1. The Kier molecular flexibility index (Phi) is 5.47. The van der Waals surface area contributed by atoms with Crippen LogP contribution in [0.1, 0.15) is 33.1 Å². The summed E-state index contributed by atoms with van der Waals surface area (Å²) in [6.07, 6.45) is 2.86. The quantitative estimate of drug-likeness (QED) is 0.862. The van der Waals surface area contributed by atoms with E-state index in [1.807, 2.05) is 0 Å². The summed E-state index contributed by atoms with van der Waals surface area (Å²) in [5.41, 5.74) is 0.465. The number of rotatable bonds is 6. The Labute approximate surface area is 136 Å². The van der Waals surface area contributed by atoms with Gasteiger partial charge in [-0.15, -0.1) is 0 Å². The topological polar surface area (TPSA) is 66.5 Å². The van der Waals surface area contributed by atoms with Gasteiger partial charge in [0, 0.05) is 24.7 Å². The van der Waals surface area contributed by atoms with Crippen molar-refractivity contribution >= 4 is 33.2 Å². The number of hydrogen-bond donors (Lipinski definition) is 1. The highest BCUT2D eigenvalue weighted by Crippen LogP contribution is 2.30. The monoisotopic (exact) mass is 344 g/mol. The number of sulfonamides is 1. The molecule has 0 saturated heterocycles. The van der Waals surface area contributed by atoms with E-state index in [1.165, 1.54) is 16.4 Å². The second-order valence-corrected chi connectivity index (χ2v) is 7.67. The molecule has 0 unspecified atom stereocenters. The molecular formula is C15H21ClN2O3S. The summed E-state index contributed by atoms with van der Waals surface area (Å²) < 4.78 is 26.5. The highest BCUT2D eigenvalue weighted by Gasteiger charge is 2.27. The predicted octanol–water partition coefficient (Wildman–Crippen LogP) is 3.11. The van der Waals surface area contributed by atoms with E-state index in [-0.39, 0.29) is 21.7 Å². The van der Waals surface area contributed by atoms with Crippen molar-refractivity contribution in [3.05, 3.63) is 23.2 Å². The van der Waals surface area contributed by atoms with Gasteiger partial charge < -0.3 is 5.32 Å². The highest BCUT2D eigenvalue weighted by atomic mass is 35.5. The summed E-state index contributed by atoms with van der Waals surface area (Å²) in [4.78, 5) is 12.0. The zero-order chi connectivity index (χ0) is 16.3. The van der Waals surface area contributed by atoms with Crippen LogP contribution in [0.4, 0.5) is 5.69 Å². The lowest BCUT2D eigenvalue weighted by atomic mass is 9.85. The van der Waals surface area contributed by atoms with Crippen LogP contribution >= 0.6 is 11.6 Å². The summed E-state index contributed by atoms with van der Waals surface area (Å²) in [6.45, 7) is 4.29. The van der Waals surface area contributed by atoms with Gasteiger partial charge in [-0.1, -0.05) is 31.9 Å². The zero-order valence-electron chi connectivity index (χ0n) is 12.8. The lowest BCUT2D eigenvalue weighted by Gasteiger charge is -2.24. The van der Waals surface area contributed by atoms with Gasteiger partial charge in [0.1, 0.15) is 4.90 Å². The predicted molar refractivity (Wildman–Crippen MR) is 87.5 cm³/mol. The smallest absolute Gasteiger partial charge is 0.244 e. The van der Waals surface area contributed by atoms with Crippen LogP contribution in [0.25, 0.3) is 0 Å². The van der Waals surface area contributed by atoms with Gasteiger partial charge in [-0.2, -0.15) is 4.31 Å². The number of amides is 1. The molecule has 1 aliphatic carbocycles. The van der Waals surface area contributed by atoms with E-state index in [9.17, 15) is 13.2 Å². The van der Waals surface area contributed by atoms with E-state index in [1.54, 1.807) is 19.9 Å². The fourth-order valence-electron chi connectivity index (χ4n) is 2.40. The largest absolute Gasteiger partial charge is 0.326 e. The van der Waals surface area contributed by atoms with Crippen molar-refractivity contribution in [2.24, 2.45) is 5.92 Å². The van der Waals surface area contributed by atoms with Crippen LogP contribution in [0.2, 0.25) is 5.02 Å². The number of carbonyl (C=O) groups excluding carboxylic acids is 1. The summed E-state index contributed by atoms with van der Waals surface area (Å²) in [6, 6.07) is 4.57. The standard InChI is InChI=1S/C15H21ClN2O3S/c1-3-18(4-2)22(20,21)14-10-12(8-9-13(14)16)17-15(19)11-6-5-7-11/h8-11H,3-7H2,1-2H3,(H,17,19). The van der Waals surface area contributed by atoms with E-state index in [4.69, 9.17) is 11.6 Å². The Hall–Kier alpha value is -1.11. The lowest BCUT2D eigenvalue weighted by Crippen LogP contribution is -2.31. The maximum atomic E-state index is 12.6. The highest BCUT2D eigenvalue weighted by molar-refractivity contribution is 7.89. The van der Waals surface area contributed by atoms with Crippen molar-refractivity contribution in [2.45, 2.75) is 38.0 Å². The third-order valence-electron chi connectivity index (χ3n) is 4.00. The molecule has 2 rings (SSSR count). The fourth-order valence-corrected chi connectivity index (χ4v) is 4.35. The summed E-state index contributed by atoms with van der Waals surface area (Å²) in [7, 11) is -3.65. The average Bonchev–Trinajstić information content (AvgIpc) is 2.39. The van der Waals surface area contributed by atoms with Gasteiger partial charge in [0.25, 0.3) is 0 Å². The number of halogens is 1. The van der Waals surface area contributed by atoms with Crippen LogP contribution in [0, 0.1) is 5.92 Å². The number of hydrogen-bond acceptors (Lipinski definition) is 3. The first-order valence-electron chi connectivity index (χ1n) is 7.50. The van der Waals surface area contributed by atoms with Gasteiger partial charge in [0.05, 0.1) is 5.02 Å². The van der Waals surface area contributed by atoms with Crippen LogP contribution in [0.15, 0.2) is 23.1 Å². The Morgan fingerprint density at radius 1 is 1.32 bits per heavy atom. The molecule has 0 bridgehead atoms. The molecule has 7 heteroatoms. The second kappa shape index (κ2) is 6.98. The third-order valence-corrected chi connectivity index (χ3v) is 6.53. The van der Waals surface area contributed by atoms with Crippen LogP contribution in [0.3, 0.4) is 0 Å². The fraction of sp³-hybridized carbons (Fsp3) is 0.533. The molecule has 0 spiro atoms. The van der Waals surface area contributed by atoms with Gasteiger partial charge in [-0.25, -0.2) is 8.42 Å². The lowest BCUT2D eigenvalue weighted by molar-refractivity contribution is -0.122. The normalized spacial score (nSPS) is 15.6. The van der Waals surface area contributed by atoms with Gasteiger partial charge in [-0.3, -0.25) is 4.79 Å². The molecule has 1 N–H and O–H groups in total. The molecule has 22 heavy (non-hydrogen) atoms. The molecule has 0 aromatic heterocycles. The van der Waals surface area contributed by atoms with Gasteiger partial charge >= 0.3 is 0 Å². The van der Waals surface area contributed by atoms with Crippen molar-refractivity contribution < 1.29 is 13.2 Å². The van der Waals surface area contributed by atoms with Crippen LogP contribution < -0.4 is 5.32 Å². The second-order valence-electron chi connectivity index (χ2n) is 5.35. The molecule has 1 saturated carbocycles. The van der Waals surface area contributed by atoms with E-state index >= 15 is 0 Å². The summed E-state index contributed by atoms with van der Waals surface area (Å²) in [5, 5.41) is 2.94. The first-order valence-corrected chi connectivity index (χ1v) is 9.32. The maximum absolute atomic E-state index is 12.6. The first-order chi connectivity index (χ1) is 10.4. The molecule has 122 valence electrons. The van der Waals surface area contributed by atoms with Crippen LogP contribution in [-0.4, -0.2) is 31.7 Å². The SMILES string of the molecule is CCN(CC)S(=O)(=O)c1cc(NC(=O)C2CCC2)ccc1Cl. The first kappa shape index (κ1) is 17.2. The Bertz CT molecular complexity index is 653. The molecule has 1 aromatic rings. The van der Waals surface area contributed by atoms with E-state index in [2.05, 4.69) is 5.32 Å². The minimum Gasteiger partial charge on any atom is -0.326 e. The maximum Gasteiger partial charge on any atom is 0.244 e. The molecule has 0 aliphatic heterocycles. The van der Waals surface area contributed by atoms with Gasteiger partial charge in [0.15, 0.2) is 0 Å². The van der Waals surface area contributed by atoms with E-state index < -0.39 is 10.0 Å². The van der Waals surface area contributed by atoms with Gasteiger partial charge in [-0.05, 0) is 31.0 Å². The average molecular weight is 345 g/mol. The van der Waals surface area contributed by atoms with Crippen molar-refractivity contribution in [1.29, 1.82) is 0 Å². The Morgan fingerprint density at radius 2 is 1.95 bits per heavy atom. The van der Waals surface area contributed by atoms with Crippen molar-refractivity contribution in [3.8, 4) is 0 Å². The van der Waals surface area contributed by atoms with Crippen molar-refractivity contribution in [2.75, 3.05) is 18.4 Å². The number of anilines is 1. The molecule has 5 nitrogen and oxygen atoms in total. The molecular weight excluding hydrogens is 324 g/mol. The summed E-state index contributed by atoms with van der Waals surface area (Å²) >= 11 is 6.06. The number of carbonyl (C=O) groups is 1. The minimum atomic E-state index is -3.65. The Balaban J connectivity index is 2.28. The molecule has 0 radical (unpaired) electrons. The number of benzene rings is 1. The molecule has 1 amide bonds. The molecule has 1 fully saturated rings. The van der Waals surface area contributed by atoms with Crippen LogP contribution in [0.5, 0.6) is 0 Å². The van der Waals surface area contributed by atoms with E-state index in [0.717, 1.165) is 19.3 Å². The van der Waals surface area contributed by atoms with E-state index in [0.29, 0.717) is 18.8 Å². The van der Waals surface area contributed by atoms with Crippen molar-refractivity contribution in [1.82, 2.24) is 4.31 Å². The molecule has 1 aromatic carbocycles. The molecule has 0 heterocycles. The molecule has 0 atom stereocenters. The number of nitrogens with one attached hydrogen (secondary N) is 1. The minimum absolute atomic E-state index is 0.0317. The van der Waals surface area contributed by atoms with Crippen molar-refractivity contribution in [3.63, 3.8) is 0 Å². The Morgan fingerprint density at radius 3 is 2.45 bits per heavy atom. The summed E-state index contributed by atoms with van der Waals surface area (Å²) in [5.74, 6) is -0.0155. The molecule has 1 aliphatic rings. The third kappa shape index (κ3) is 3.45.